The van der Waals surface area contributed by atoms with Crippen LogP contribution in [0.15, 0.2) is 41.8 Å². The quantitative estimate of drug-likeness (QED) is 0.350. The fourth-order valence-corrected chi connectivity index (χ4v) is 4.86. The standard InChI is InChI=1S/C23H25N5O5S2/c1-3-13-7-9-14(10-8-13)28(23(32)20-17(24)18(21(25)30)27-35-20)19(15-6-5-11-34-15)22(31)26-12-16(29)33-4-2/h5-11,19H,3-4,12,24H2,1-2H3,(H2,25,30)(H,26,31)/t19-/m0/s1. The molecule has 3 rings (SSSR count). The van der Waals surface area contributed by atoms with Crippen molar-refractivity contribution in [1.82, 2.24) is 9.69 Å². The minimum absolute atomic E-state index is 0.0295. The lowest BCUT2D eigenvalue weighted by Crippen LogP contribution is -2.45. The van der Waals surface area contributed by atoms with Crippen molar-refractivity contribution in [3.05, 3.63) is 62.8 Å². The Morgan fingerprint density at radius 3 is 2.40 bits per heavy atom. The van der Waals surface area contributed by atoms with Crippen LogP contribution in [0, 0.1) is 0 Å². The highest BCUT2D eigenvalue weighted by Crippen LogP contribution is 2.34. The fraction of sp³-hybridized carbons (Fsp3) is 0.261. The third-order valence-electron chi connectivity index (χ3n) is 5.03. The number of hydrogen-bond acceptors (Lipinski definition) is 9. The summed E-state index contributed by atoms with van der Waals surface area (Å²) in [4.78, 5) is 52.5. The lowest BCUT2D eigenvalue weighted by molar-refractivity contribution is -0.143. The van der Waals surface area contributed by atoms with Crippen LogP contribution in [0.25, 0.3) is 0 Å². The summed E-state index contributed by atoms with van der Waals surface area (Å²) in [7, 11) is 0. The first-order valence-electron chi connectivity index (χ1n) is 10.7. The van der Waals surface area contributed by atoms with Gasteiger partial charge >= 0.3 is 5.97 Å². The number of anilines is 2. The van der Waals surface area contributed by atoms with Crippen molar-refractivity contribution in [2.45, 2.75) is 26.3 Å². The highest BCUT2D eigenvalue weighted by Gasteiger charge is 2.36. The van der Waals surface area contributed by atoms with E-state index in [1.807, 2.05) is 19.1 Å². The van der Waals surface area contributed by atoms with E-state index in [0.29, 0.717) is 10.6 Å². The first kappa shape index (κ1) is 25.8. The Morgan fingerprint density at radius 2 is 1.86 bits per heavy atom. The van der Waals surface area contributed by atoms with E-state index in [9.17, 15) is 19.2 Å². The second-order valence-electron chi connectivity index (χ2n) is 7.27. The maximum Gasteiger partial charge on any atom is 0.325 e. The predicted molar refractivity (Wildman–Crippen MR) is 134 cm³/mol. The monoisotopic (exact) mass is 515 g/mol. The van der Waals surface area contributed by atoms with Crippen LogP contribution in [0.5, 0.6) is 0 Å². The van der Waals surface area contributed by atoms with Gasteiger partial charge in [0.25, 0.3) is 11.8 Å². The van der Waals surface area contributed by atoms with Crippen LogP contribution in [0.2, 0.25) is 0 Å². The molecule has 10 nitrogen and oxygen atoms in total. The zero-order chi connectivity index (χ0) is 25.5. The number of nitrogens with two attached hydrogens (primary N) is 2. The second-order valence-corrected chi connectivity index (χ2v) is 9.03. The van der Waals surface area contributed by atoms with Gasteiger partial charge in [0.2, 0.25) is 5.91 Å². The molecule has 0 fully saturated rings. The third-order valence-corrected chi connectivity index (χ3v) is 6.80. The van der Waals surface area contributed by atoms with Crippen molar-refractivity contribution in [1.29, 1.82) is 0 Å². The van der Waals surface area contributed by atoms with Crippen LogP contribution in [0.4, 0.5) is 11.4 Å². The molecule has 0 spiro atoms. The molecular formula is C23H25N5O5S2. The highest BCUT2D eigenvalue weighted by atomic mass is 32.1. The molecule has 0 radical (unpaired) electrons. The first-order valence-corrected chi connectivity index (χ1v) is 12.4. The Bertz CT molecular complexity index is 1210. The topological polar surface area (TPSA) is 158 Å². The Labute approximate surface area is 210 Å². The number of carbonyl (C=O) groups excluding carboxylic acids is 4. The maximum absolute atomic E-state index is 13.8. The molecule has 1 aromatic carbocycles. The van der Waals surface area contributed by atoms with Crippen molar-refractivity contribution in [2.75, 3.05) is 23.8 Å². The van der Waals surface area contributed by atoms with Crippen LogP contribution in [0.3, 0.4) is 0 Å². The van der Waals surface area contributed by atoms with Crippen molar-refractivity contribution in [3.63, 3.8) is 0 Å². The van der Waals surface area contributed by atoms with E-state index in [0.717, 1.165) is 23.5 Å². The molecule has 35 heavy (non-hydrogen) atoms. The van der Waals surface area contributed by atoms with Crippen molar-refractivity contribution in [2.24, 2.45) is 5.73 Å². The summed E-state index contributed by atoms with van der Waals surface area (Å²) in [5.41, 5.74) is 12.4. The van der Waals surface area contributed by atoms with Gasteiger partial charge in [-0.1, -0.05) is 25.1 Å². The van der Waals surface area contributed by atoms with E-state index in [4.69, 9.17) is 16.2 Å². The maximum atomic E-state index is 13.8. The molecule has 0 unspecified atom stereocenters. The number of primary amides is 1. The summed E-state index contributed by atoms with van der Waals surface area (Å²) in [6.07, 6.45) is 0.784. The number of esters is 1. The van der Waals surface area contributed by atoms with Crippen LogP contribution >= 0.6 is 22.9 Å². The minimum Gasteiger partial charge on any atom is -0.465 e. The first-order chi connectivity index (χ1) is 16.8. The molecule has 5 N–H and O–H groups in total. The summed E-state index contributed by atoms with van der Waals surface area (Å²) in [5, 5.41) is 4.33. The Hall–Kier alpha value is -3.77. The van der Waals surface area contributed by atoms with Crippen molar-refractivity contribution in [3.8, 4) is 0 Å². The second kappa shape index (κ2) is 11.6. The van der Waals surface area contributed by atoms with Crippen molar-refractivity contribution < 1.29 is 23.9 Å². The van der Waals surface area contributed by atoms with Crippen LogP contribution in [-0.2, 0) is 20.7 Å². The van der Waals surface area contributed by atoms with Gasteiger partial charge in [-0.15, -0.1) is 11.3 Å². The number of hydrogen-bond donors (Lipinski definition) is 3. The molecule has 2 aromatic heterocycles. The molecule has 2 heterocycles. The average molecular weight is 516 g/mol. The molecule has 0 bridgehead atoms. The number of nitrogen functional groups attached to an aromatic ring is 1. The summed E-state index contributed by atoms with van der Waals surface area (Å²) in [5.74, 6) is -2.69. The minimum atomic E-state index is -1.14. The van der Waals surface area contributed by atoms with E-state index >= 15 is 0 Å². The molecule has 184 valence electrons. The van der Waals surface area contributed by atoms with Gasteiger partial charge in [-0.2, -0.15) is 4.37 Å². The van der Waals surface area contributed by atoms with Crippen LogP contribution < -0.4 is 21.7 Å². The van der Waals surface area contributed by atoms with E-state index < -0.39 is 29.7 Å². The summed E-state index contributed by atoms with van der Waals surface area (Å²) in [6.45, 7) is 3.47. The lowest BCUT2D eigenvalue weighted by atomic mass is 10.1. The van der Waals surface area contributed by atoms with Gasteiger partial charge in [0.15, 0.2) is 11.7 Å². The SMILES string of the molecule is CCOC(=O)CNC(=O)[C@H](c1cccs1)N(C(=O)c1snc(C(N)=O)c1N)c1ccc(CC)cc1. The average Bonchev–Trinajstić information content (AvgIpc) is 3.51. The molecule has 1 atom stereocenters. The van der Waals surface area contributed by atoms with Crippen LogP contribution in [-0.4, -0.2) is 41.2 Å². The Balaban J connectivity index is 2.09. The van der Waals surface area contributed by atoms with Crippen LogP contribution in [0.1, 0.15) is 50.5 Å². The van der Waals surface area contributed by atoms with Gasteiger partial charge in [-0.05, 0) is 54.0 Å². The predicted octanol–water partition coefficient (Wildman–Crippen LogP) is 2.52. The number of nitrogens with zero attached hydrogens (tertiary/aromatic N) is 2. The Kier molecular flexibility index (Phi) is 8.55. The third kappa shape index (κ3) is 5.84. The molecular weight excluding hydrogens is 490 g/mol. The molecule has 0 aliphatic rings. The molecule has 0 saturated carbocycles. The van der Waals surface area contributed by atoms with Gasteiger partial charge in [0.05, 0.1) is 12.3 Å². The van der Waals surface area contributed by atoms with Gasteiger partial charge in [0, 0.05) is 10.6 Å². The fourth-order valence-electron chi connectivity index (χ4n) is 3.30. The highest BCUT2D eigenvalue weighted by molar-refractivity contribution is 7.10. The summed E-state index contributed by atoms with van der Waals surface area (Å²) < 4.78 is 8.81. The molecule has 0 saturated heterocycles. The number of ether oxygens (including phenoxy) is 1. The number of benzene rings is 1. The van der Waals surface area contributed by atoms with Gasteiger partial charge in [-0.3, -0.25) is 24.1 Å². The zero-order valence-electron chi connectivity index (χ0n) is 19.1. The van der Waals surface area contributed by atoms with E-state index in [1.165, 1.54) is 16.2 Å². The smallest absolute Gasteiger partial charge is 0.325 e. The molecule has 3 aromatic rings. The molecule has 12 heteroatoms. The summed E-state index contributed by atoms with van der Waals surface area (Å²) in [6, 6.07) is 9.48. The number of carbonyl (C=O) groups is 4. The largest absolute Gasteiger partial charge is 0.465 e. The van der Waals surface area contributed by atoms with E-state index in [2.05, 4.69) is 9.69 Å². The normalized spacial score (nSPS) is 11.5. The number of amides is 3. The summed E-state index contributed by atoms with van der Waals surface area (Å²) >= 11 is 2.00. The van der Waals surface area contributed by atoms with Crippen molar-refractivity contribution >= 4 is 57.9 Å². The number of rotatable bonds is 10. The molecule has 0 aliphatic heterocycles. The van der Waals surface area contributed by atoms with E-state index in [1.54, 1.807) is 36.6 Å². The number of nitrogens with one attached hydrogen (secondary N) is 1. The molecule has 3 amide bonds. The van der Waals surface area contributed by atoms with Gasteiger partial charge in [0.1, 0.15) is 11.4 Å². The Morgan fingerprint density at radius 1 is 1.14 bits per heavy atom. The lowest BCUT2D eigenvalue weighted by Gasteiger charge is -2.30. The number of aromatic nitrogens is 1. The number of aryl methyl sites for hydroxylation is 1. The van der Waals surface area contributed by atoms with E-state index in [-0.39, 0.29) is 29.4 Å². The van der Waals surface area contributed by atoms with Gasteiger partial charge in [-0.25, -0.2) is 0 Å². The number of thiophene rings is 1. The molecule has 0 aliphatic carbocycles. The zero-order valence-corrected chi connectivity index (χ0v) is 20.8. The van der Waals surface area contributed by atoms with Gasteiger partial charge < -0.3 is 21.5 Å².